The van der Waals surface area contributed by atoms with Gasteiger partial charge in [-0.15, -0.1) is 0 Å². The van der Waals surface area contributed by atoms with E-state index in [9.17, 15) is 8.42 Å². The standard InChI is InChI=1S/C13H19BrN2O3S/c1-9-13(2,3)11-7-10(14)8-16(12(11)15-9)5-4-6-20(17,18)19/h7-9H,4-6H2,1-3H3,(H,17,18,19)/p+1. The maximum absolute atomic E-state index is 10.8. The molecule has 2 rings (SSSR count). The third kappa shape index (κ3) is 3.15. The summed E-state index contributed by atoms with van der Waals surface area (Å²) in [4.78, 5) is 0. The molecule has 0 bridgehead atoms. The van der Waals surface area contributed by atoms with Gasteiger partial charge in [0.25, 0.3) is 15.9 Å². The summed E-state index contributed by atoms with van der Waals surface area (Å²) in [5.41, 5.74) is 1.23. The second-order valence-corrected chi connectivity index (χ2v) is 8.33. The normalized spacial score (nSPS) is 20.6. The Morgan fingerprint density at radius 3 is 2.75 bits per heavy atom. The van der Waals surface area contributed by atoms with Crippen LogP contribution in [-0.4, -0.2) is 24.8 Å². The Labute approximate surface area is 128 Å². The van der Waals surface area contributed by atoms with E-state index in [1.807, 2.05) is 10.8 Å². The molecule has 0 saturated heterocycles. The molecule has 1 aliphatic heterocycles. The smallest absolute Gasteiger partial charge is 0.278 e. The Morgan fingerprint density at radius 1 is 1.50 bits per heavy atom. The summed E-state index contributed by atoms with van der Waals surface area (Å²) in [7, 11) is -3.90. The zero-order valence-electron chi connectivity index (χ0n) is 11.9. The molecular formula is C13H20BrN2O3S+. The van der Waals surface area contributed by atoms with Crippen LogP contribution in [0, 0.1) is 0 Å². The van der Waals surface area contributed by atoms with Gasteiger partial charge in [-0.2, -0.15) is 8.42 Å². The number of aryl methyl sites for hydroxylation is 1. The van der Waals surface area contributed by atoms with Gasteiger partial charge in [-0.05, 0) is 28.9 Å². The zero-order chi connectivity index (χ0) is 15.1. The molecule has 1 unspecified atom stereocenters. The Bertz CT molecular complexity index is 629. The van der Waals surface area contributed by atoms with Crippen molar-refractivity contribution in [1.82, 2.24) is 0 Å². The van der Waals surface area contributed by atoms with Crippen LogP contribution in [0.15, 0.2) is 16.7 Å². The van der Waals surface area contributed by atoms with E-state index in [-0.39, 0.29) is 11.2 Å². The second-order valence-electron chi connectivity index (χ2n) is 5.84. The summed E-state index contributed by atoms with van der Waals surface area (Å²) >= 11 is 3.50. The van der Waals surface area contributed by atoms with Crippen LogP contribution in [0.1, 0.15) is 32.8 Å². The van der Waals surface area contributed by atoms with E-state index in [2.05, 4.69) is 48.1 Å². The lowest BCUT2D eigenvalue weighted by Gasteiger charge is -2.20. The second kappa shape index (κ2) is 5.27. The third-order valence-electron chi connectivity index (χ3n) is 4.03. The summed E-state index contributed by atoms with van der Waals surface area (Å²) < 4.78 is 33.4. The first-order chi connectivity index (χ1) is 9.11. The van der Waals surface area contributed by atoms with Crippen LogP contribution < -0.4 is 9.88 Å². The van der Waals surface area contributed by atoms with Crippen molar-refractivity contribution >= 4 is 31.9 Å². The first-order valence-electron chi connectivity index (χ1n) is 6.56. The minimum Gasteiger partial charge on any atom is -0.286 e. The maximum Gasteiger partial charge on any atom is 0.278 e. The average molecular weight is 364 g/mol. The van der Waals surface area contributed by atoms with Gasteiger partial charge < -0.3 is 0 Å². The maximum atomic E-state index is 10.8. The molecule has 0 aromatic carbocycles. The van der Waals surface area contributed by atoms with Gasteiger partial charge in [0.05, 0.1) is 22.3 Å². The number of fused-ring (bicyclic) bond motifs is 1. The van der Waals surface area contributed by atoms with Crippen LogP contribution in [0.4, 0.5) is 5.82 Å². The van der Waals surface area contributed by atoms with Crippen LogP contribution in [0.5, 0.6) is 0 Å². The summed E-state index contributed by atoms with van der Waals surface area (Å²) in [6.45, 7) is 7.05. The molecule has 0 spiro atoms. The van der Waals surface area contributed by atoms with E-state index in [1.165, 1.54) is 5.56 Å². The van der Waals surface area contributed by atoms with Gasteiger partial charge in [-0.3, -0.25) is 9.87 Å². The molecule has 2 N–H and O–H groups in total. The van der Waals surface area contributed by atoms with Crippen LogP contribution >= 0.6 is 15.9 Å². The van der Waals surface area contributed by atoms with E-state index in [0.717, 1.165) is 10.3 Å². The number of halogens is 1. The minimum absolute atomic E-state index is 0.0178. The molecule has 1 atom stereocenters. The molecule has 1 aromatic heterocycles. The molecule has 0 aliphatic carbocycles. The largest absolute Gasteiger partial charge is 0.286 e. The number of rotatable bonds is 4. The minimum atomic E-state index is -3.90. The molecule has 1 aliphatic rings. The van der Waals surface area contributed by atoms with Gasteiger partial charge in [-0.1, -0.05) is 13.8 Å². The van der Waals surface area contributed by atoms with Crippen LogP contribution in [-0.2, 0) is 22.1 Å². The quantitative estimate of drug-likeness (QED) is 0.634. The molecule has 0 amide bonds. The third-order valence-corrected chi connectivity index (χ3v) is 5.27. The van der Waals surface area contributed by atoms with Crippen molar-refractivity contribution < 1.29 is 17.5 Å². The molecule has 112 valence electrons. The van der Waals surface area contributed by atoms with Crippen molar-refractivity contribution in [2.45, 2.75) is 45.2 Å². The highest BCUT2D eigenvalue weighted by Gasteiger charge is 2.43. The lowest BCUT2D eigenvalue weighted by atomic mass is 9.82. The van der Waals surface area contributed by atoms with Gasteiger partial charge in [0.1, 0.15) is 12.2 Å². The van der Waals surface area contributed by atoms with Gasteiger partial charge in [-0.25, -0.2) is 4.57 Å². The molecule has 2 heterocycles. The average Bonchev–Trinajstić information content (AvgIpc) is 2.50. The fourth-order valence-electron chi connectivity index (χ4n) is 2.48. The molecule has 5 nitrogen and oxygen atoms in total. The van der Waals surface area contributed by atoms with Crippen molar-refractivity contribution in [1.29, 1.82) is 0 Å². The fraction of sp³-hybridized carbons (Fsp3) is 0.615. The van der Waals surface area contributed by atoms with E-state index < -0.39 is 10.1 Å². The van der Waals surface area contributed by atoms with E-state index in [4.69, 9.17) is 4.55 Å². The van der Waals surface area contributed by atoms with Crippen molar-refractivity contribution in [3.05, 3.63) is 22.3 Å². The Morgan fingerprint density at radius 2 is 2.15 bits per heavy atom. The summed E-state index contributed by atoms with van der Waals surface area (Å²) in [6.07, 6.45) is 2.31. The van der Waals surface area contributed by atoms with Crippen LogP contribution in [0.3, 0.4) is 0 Å². The number of nitrogens with zero attached hydrogens (tertiary/aromatic N) is 1. The number of hydrogen-bond acceptors (Lipinski definition) is 3. The number of anilines is 1. The zero-order valence-corrected chi connectivity index (χ0v) is 14.3. The summed E-state index contributed by atoms with van der Waals surface area (Å²) in [5, 5.41) is 3.46. The summed E-state index contributed by atoms with van der Waals surface area (Å²) in [5.74, 6) is 0.807. The van der Waals surface area contributed by atoms with Gasteiger partial charge >= 0.3 is 0 Å². The highest BCUT2D eigenvalue weighted by molar-refractivity contribution is 9.10. The molecule has 1 aromatic rings. The van der Waals surface area contributed by atoms with E-state index in [1.54, 1.807) is 0 Å². The fourth-order valence-corrected chi connectivity index (χ4v) is 3.45. The van der Waals surface area contributed by atoms with Crippen LogP contribution in [0.2, 0.25) is 0 Å². The summed E-state index contributed by atoms with van der Waals surface area (Å²) in [6, 6.07) is 2.41. The highest BCUT2D eigenvalue weighted by atomic mass is 79.9. The molecule has 0 saturated carbocycles. The van der Waals surface area contributed by atoms with Gasteiger partial charge in [0, 0.05) is 11.8 Å². The van der Waals surface area contributed by atoms with Crippen molar-refractivity contribution in [3.8, 4) is 0 Å². The SMILES string of the molecule is CC1Nc2c(cc(Br)c[n+]2CCCS(=O)(=O)O)C1(C)C. The monoisotopic (exact) mass is 363 g/mol. The van der Waals surface area contributed by atoms with Gasteiger partial charge in [0.2, 0.25) is 0 Å². The molecule has 0 radical (unpaired) electrons. The first-order valence-corrected chi connectivity index (χ1v) is 8.96. The number of nitrogens with one attached hydrogen (secondary N) is 1. The molecule has 7 heteroatoms. The highest BCUT2D eigenvalue weighted by Crippen LogP contribution is 2.39. The lowest BCUT2D eigenvalue weighted by Crippen LogP contribution is -2.38. The number of hydrogen-bond donors (Lipinski definition) is 2. The van der Waals surface area contributed by atoms with Gasteiger partial charge in [0.15, 0.2) is 0 Å². The molecule has 0 fully saturated rings. The Kier molecular flexibility index (Phi) is 4.15. The van der Waals surface area contributed by atoms with Crippen molar-refractivity contribution in [3.63, 3.8) is 0 Å². The Balaban J connectivity index is 2.28. The van der Waals surface area contributed by atoms with Crippen molar-refractivity contribution in [2.75, 3.05) is 11.1 Å². The predicted molar refractivity (Wildman–Crippen MR) is 81.5 cm³/mol. The van der Waals surface area contributed by atoms with Crippen LogP contribution in [0.25, 0.3) is 0 Å². The first kappa shape index (κ1) is 15.7. The number of pyridine rings is 1. The topological polar surface area (TPSA) is 70.3 Å². The number of aromatic nitrogens is 1. The Hall–Kier alpha value is -0.660. The van der Waals surface area contributed by atoms with E-state index >= 15 is 0 Å². The van der Waals surface area contributed by atoms with E-state index in [0.29, 0.717) is 19.0 Å². The molecule has 20 heavy (non-hydrogen) atoms. The lowest BCUT2D eigenvalue weighted by molar-refractivity contribution is -0.683. The van der Waals surface area contributed by atoms with Crippen molar-refractivity contribution in [2.24, 2.45) is 0 Å². The predicted octanol–water partition coefficient (Wildman–Crippen LogP) is 2.11. The molecular weight excluding hydrogens is 344 g/mol.